The number of unbranched alkanes of at least 4 members (excludes halogenated alkanes) is 23. The van der Waals surface area contributed by atoms with Gasteiger partial charge in [-0.1, -0.05) is 190 Å². The molecule has 0 amide bonds. The molecule has 0 aromatic heterocycles. The fourth-order valence-corrected chi connectivity index (χ4v) is 7.45. The molecule has 0 heterocycles. The molecule has 0 fully saturated rings. The number of hydrogen-bond acceptors (Lipinski definition) is 6. The van der Waals surface area contributed by atoms with E-state index in [0.717, 1.165) is 64.2 Å². The highest BCUT2D eigenvalue weighted by atomic mass is 16.6. The third-order valence-electron chi connectivity index (χ3n) is 11.4. The van der Waals surface area contributed by atoms with Gasteiger partial charge >= 0.3 is 17.9 Å². The van der Waals surface area contributed by atoms with Crippen LogP contribution in [0.2, 0.25) is 0 Å². The van der Waals surface area contributed by atoms with E-state index in [2.05, 4.69) is 74.6 Å². The number of carboxylic acid groups (broad SMARTS) is 1. The summed E-state index contributed by atoms with van der Waals surface area (Å²) in [5.41, 5.74) is 0. The molecule has 0 aliphatic rings. The maximum atomic E-state index is 12.8. The number of allylic oxidation sites excluding steroid dienone is 10. The Kier molecular flexibility index (Phi) is 43.4. The maximum absolute atomic E-state index is 12.8. The first-order chi connectivity index (χ1) is 30.6. The van der Waals surface area contributed by atoms with Crippen molar-refractivity contribution in [1.29, 1.82) is 0 Å². The van der Waals surface area contributed by atoms with Crippen LogP contribution < -0.4 is 0 Å². The Morgan fingerprint density at radius 1 is 0.508 bits per heavy atom. The lowest BCUT2D eigenvalue weighted by atomic mass is 10.1. The number of rotatable bonds is 46. The summed E-state index contributed by atoms with van der Waals surface area (Å²) < 4.78 is 17.4. The van der Waals surface area contributed by atoms with Crippen LogP contribution in [0.4, 0.5) is 0 Å². The van der Waals surface area contributed by atoms with Crippen molar-refractivity contribution in [3.63, 3.8) is 0 Å². The third kappa shape index (κ3) is 44.0. The van der Waals surface area contributed by atoms with Crippen molar-refractivity contribution in [2.24, 2.45) is 0 Å². The average molecular weight is 885 g/mol. The first-order valence-electron chi connectivity index (χ1n) is 25.8. The summed E-state index contributed by atoms with van der Waals surface area (Å²) in [6.07, 6.45) is 56.9. The summed E-state index contributed by atoms with van der Waals surface area (Å²) in [4.78, 5) is 37.2. The third-order valence-corrected chi connectivity index (χ3v) is 11.4. The second-order valence-electron chi connectivity index (χ2n) is 18.4. The smallest absolute Gasteiger partial charge is 0.362 e. The summed E-state index contributed by atoms with van der Waals surface area (Å²) >= 11 is 0. The van der Waals surface area contributed by atoms with Gasteiger partial charge in [0.1, 0.15) is 6.61 Å². The first-order valence-corrected chi connectivity index (χ1v) is 25.8. The first kappa shape index (κ1) is 60.0. The number of hydrogen-bond donors (Lipinski definition) is 1. The molecule has 63 heavy (non-hydrogen) atoms. The van der Waals surface area contributed by atoms with Gasteiger partial charge < -0.3 is 23.8 Å². The minimum absolute atomic E-state index is 0.0562. The molecule has 0 aromatic carbocycles. The lowest BCUT2D eigenvalue weighted by molar-refractivity contribution is -0.887. The van der Waals surface area contributed by atoms with Gasteiger partial charge in [-0.3, -0.25) is 9.59 Å². The van der Waals surface area contributed by atoms with Crippen LogP contribution in [0.15, 0.2) is 60.8 Å². The van der Waals surface area contributed by atoms with Crippen molar-refractivity contribution in [2.75, 3.05) is 41.0 Å². The molecule has 0 radical (unpaired) electrons. The molecule has 2 atom stereocenters. The number of ether oxygens (including phenoxy) is 3. The highest BCUT2D eigenvalue weighted by Crippen LogP contribution is 2.15. The lowest BCUT2D eigenvalue weighted by Crippen LogP contribution is -2.50. The molecule has 0 rings (SSSR count). The number of aliphatic carboxylic acids is 1. The molecule has 1 N–H and O–H groups in total. The van der Waals surface area contributed by atoms with Gasteiger partial charge in [0.05, 0.1) is 34.4 Å². The van der Waals surface area contributed by atoms with Crippen molar-refractivity contribution >= 4 is 17.9 Å². The van der Waals surface area contributed by atoms with Crippen LogP contribution in [-0.2, 0) is 28.6 Å². The lowest BCUT2D eigenvalue weighted by Gasteiger charge is -2.31. The normalized spacial score (nSPS) is 13.3. The van der Waals surface area contributed by atoms with E-state index in [1.165, 1.54) is 122 Å². The summed E-state index contributed by atoms with van der Waals surface area (Å²) in [5, 5.41) is 9.66. The van der Waals surface area contributed by atoms with Crippen molar-refractivity contribution in [2.45, 2.75) is 231 Å². The SMILES string of the molecule is CC/C=C/C/C=C/C/C=C/CCCCCCCCCCCC(=O)OCC(COCCC(C(=O)O)[N+](C)(C)C)OC(=O)CCCCCCCCCCCC/C=C/C=C/CCCCCC. The quantitative estimate of drug-likeness (QED) is 0.0214. The number of quaternary nitrogens is 1. The number of likely N-dealkylation sites (N-methyl/N-ethyl adjacent to an activating group) is 1. The van der Waals surface area contributed by atoms with Gasteiger partial charge in [0.2, 0.25) is 0 Å². The molecule has 0 aromatic rings. The van der Waals surface area contributed by atoms with Crippen molar-refractivity contribution in [3.05, 3.63) is 60.8 Å². The van der Waals surface area contributed by atoms with Crippen LogP contribution in [-0.4, -0.2) is 80.6 Å². The predicted molar refractivity (Wildman–Crippen MR) is 266 cm³/mol. The fraction of sp³-hybridized carbons (Fsp3) is 0.764. The Balaban J connectivity index is 4.25. The fourth-order valence-electron chi connectivity index (χ4n) is 7.45. The van der Waals surface area contributed by atoms with Gasteiger partial charge in [0, 0.05) is 19.3 Å². The molecular weight excluding hydrogens is 787 g/mol. The Morgan fingerprint density at radius 3 is 1.41 bits per heavy atom. The average Bonchev–Trinajstić information content (AvgIpc) is 3.24. The van der Waals surface area contributed by atoms with Gasteiger partial charge in [0.25, 0.3) is 0 Å². The van der Waals surface area contributed by atoms with E-state index in [0.29, 0.717) is 19.3 Å². The zero-order valence-electron chi connectivity index (χ0n) is 41.5. The van der Waals surface area contributed by atoms with E-state index in [-0.39, 0.29) is 36.2 Å². The Bertz CT molecular complexity index is 1210. The molecule has 8 nitrogen and oxygen atoms in total. The van der Waals surface area contributed by atoms with E-state index in [1.807, 2.05) is 21.1 Å². The van der Waals surface area contributed by atoms with Crippen molar-refractivity contribution in [3.8, 4) is 0 Å². The van der Waals surface area contributed by atoms with E-state index < -0.39 is 18.1 Å². The largest absolute Gasteiger partial charge is 0.477 e. The molecule has 0 saturated carbocycles. The number of carbonyl (C=O) groups excluding carboxylic acids is 2. The number of esters is 2. The van der Waals surface area contributed by atoms with Crippen LogP contribution in [0.3, 0.4) is 0 Å². The van der Waals surface area contributed by atoms with Gasteiger partial charge in [-0.2, -0.15) is 0 Å². The van der Waals surface area contributed by atoms with Gasteiger partial charge in [0.15, 0.2) is 12.1 Å². The minimum Gasteiger partial charge on any atom is -0.477 e. The van der Waals surface area contributed by atoms with E-state index in [9.17, 15) is 19.5 Å². The van der Waals surface area contributed by atoms with E-state index in [1.54, 1.807) is 0 Å². The number of carboxylic acids is 1. The molecule has 364 valence electrons. The summed E-state index contributed by atoms with van der Waals surface area (Å²) in [7, 11) is 5.53. The minimum atomic E-state index is -0.876. The van der Waals surface area contributed by atoms with Crippen LogP contribution >= 0.6 is 0 Å². The zero-order chi connectivity index (χ0) is 46.3. The van der Waals surface area contributed by atoms with Crippen molar-refractivity contribution in [1.82, 2.24) is 0 Å². The van der Waals surface area contributed by atoms with E-state index in [4.69, 9.17) is 14.2 Å². The standard InChI is InChI=1S/C55H97NO7/c1-6-8-10-12-14-16-18-20-22-24-26-28-30-32-34-36-38-40-42-44-46-54(58)63-51(49-61-48-47-52(55(59)60)56(3,4)5)50-62-53(57)45-43-41-39-37-35-33-31-29-27-25-23-21-19-17-15-13-11-9-7-2/h9,11,15-18,20-23,51-52H,6-8,10,12-14,19,24-50H2,1-5H3/p+1/b11-9+,17-15+,18-16+,22-20+,23-21+. The van der Waals surface area contributed by atoms with Crippen LogP contribution in [0.1, 0.15) is 219 Å². The molecule has 8 heteroatoms. The Morgan fingerprint density at radius 2 is 0.937 bits per heavy atom. The Labute approximate surface area is 388 Å². The zero-order valence-corrected chi connectivity index (χ0v) is 41.5. The second-order valence-corrected chi connectivity index (χ2v) is 18.4. The van der Waals surface area contributed by atoms with Crippen LogP contribution in [0.25, 0.3) is 0 Å². The van der Waals surface area contributed by atoms with Gasteiger partial charge in [-0.15, -0.1) is 0 Å². The molecule has 0 bridgehead atoms. The van der Waals surface area contributed by atoms with Crippen molar-refractivity contribution < 1.29 is 38.2 Å². The summed E-state index contributed by atoms with van der Waals surface area (Å²) in [6.45, 7) is 4.62. The molecular formula is C55H98NO7+. The molecule has 0 aliphatic carbocycles. The van der Waals surface area contributed by atoms with Crippen LogP contribution in [0.5, 0.6) is 0 Å². The molecule has 0 spiro atoms. The van der Waals surface area contributed by atoms with Gasteiger partial charge in [-0.25, -0.2) is 4.79 Å². The number of carbonyl (C=O) groups is 3. The second kappa shape index (κ2) is 45.6. The maximum Gasteiger partial charge on any atom is 0.362 e. The number of nitrogens with zero attached hydrogens (tertiary/aromatic N) is 1. The highest BCUT2D eigenvalue weighted by molar-refractivity contribution is 5.72. The molecule has 2 unspecified atom stereocenters. The predicted octanol–water partition coefficient (Wildman–Crippen LogP) is 14.9. The Hall–Kier alpha value is -2.97. The van der Waals surface area contributed by atoms with Crippen LogP contribution in [0, 0.1) is 0 Å². The topological polar surface area (TPSA) is 99.1 Å². The summed E-state index contributed by atoms with van der Waals surface area (Å²) in [5.74, 6) is -1.47. The highest BCUT2D eigenvalue weighted by Gasteiger charge is 2.31. The van der Waals surface area contributed by atoms with E-state index >= 15 is 0 Å². The molecule has 0 aliphatic heterocycles. The van der Waals surface area contributed by atoms with Gasteiger partial charge in [-0.05, 0) is 70.6 Å². The summed E-state index contributed by atoms with van der Waals surface area (Å²) in [6, 6.07) is -0.618. The molecule has 0 saturated heterocycles. The monoisotopic (exact) mass is 885 g/mol.